The molecule has 0 saturated heterocycles. The van der Waals surface area contributed by atoms with Crippen LogP contribution in [-0.2, 0) is 25.4 Å². The summed E-state index contributed by atoms with van der Waals surface area (Å²) in [6.07, 6.45) is 9.47. The summed E-state index contributed by atoms with van der Waals surface area (Å²) in [7, 11) is 0. The van der Waals surface area contributed by atoms with E-state index in [4.69, 9.17) is 25.7 Å². The molecule has 2 aromatic rings. The van der Waals surface area contributed by atoms with E-state index in [1.807, 2.05) is 6.07 Å². The molecule has 7 nitrogen and oxygen atoms in total. The fourth-order valence-electron chi connectivity index (χ4n) is 3.98. The highest BCUT2D eigenvalue weighted by atomic mass is 16.5. The molecule has 1 fully saturated rings. The molecule has 2 aromatic carbocycles. The van der Waals surface area contributed by atoms with Crippen molar-refractivity contribution in [2.24, 2.45) is 0 Å². The van der Waals surface area contributed by atoms with Crippen LogP contribution in [0.25, 0.3) is 6.08 Å². The molecule has 1 aliphatic rings. The Bertz CT molecular complexity index is 995. The van der Waals surface area contributed by atoms with E-state index in [9.17, 15) is 9.59 Å². The lowest BCUT2D eigenvalue weighted by molar-refractivity contribution is -0.137. The maximum atomic E-state index is 12.5. The number of ether oxygens (including phenoxy) is 3. The minimum Gasteiger partial charge on any atom is -0.462 e. The van der Waals surface area contributed by atoms with Gasteiger partial charge in [-0.1, -0.05) is 31.5 Å². The van der Waals surface area contributed by atoms with Crippen molar-refractivity contribution >= 4 is 29.4 Å². The van der Waals surface area contributed by atoms with Gasteiger partial charge < -0.3 is 25.7 Å². The van der Waals surface area contributed by atoms with Crippen molar-refractivity contribution < 1.29 is 23.8 Å². The Balaban J connectivity index is 1.38. The quantitative estimate of drug-likeness (QED) is 0.203. The van der Waals surface area contributed by atoms with E-state index in [1.165, 1.54) is 6.08 Å². The fourth-order valence-corrected chi connectivity index (χ4v) is 3.98. The highest BCUT2D eigenvalue weighted by Crippen LogP contribution is 2.24. The number of nitrogens with two attached hydrogens (primary N) is 2. The van der Waals surface area contributed by atoms with E-state index in [1.54, 1.807) is 42.5 Å². The Morgan fingerprint density at radius 1 is 0.971 bits per heavy atom. The number of rotatable bonds is 11. The van der Waals surface area contributed by atoms with Gasteiger partial charge in [-0.25, -0.2) is 9.59 Å². The van der Waals surface area contributed by atoms with E-state index in [2.05, 4.69) is 6.92 Å². The molecule has 0 radical (unpaired) electrons. The van der Waals surface area contributed by atoms with E-state index >= 15 is 0 Å². The molecule has 0 amide bonds. The Morgan fingerprint density at radius 2 is 1.69 bits per heavy atom. The number of hydrogen-bond donors (Lipinski definition) is 2. The van der Waals surface area contributed by atoms with Crippen molar-refractivity contribution in [1.82, 2.24) is 0 Å². The van der Waals surface area contributed by atoms with Crippen LogP contribution in [0.5, 0.6) is 0 Å². The van der Waals surface area contributed by atoms with Gasteiger partial charge in [0, 0.05) is 30.5 Å². The largest absolute Gasteiger partial charge is 0.462 e. The molecule has 0 spiro atoms. The lowest BCUT2D eigenvalue weighted by atomic mass is 9.95. The minimum atomic E-state index is -0.447. The highest BCUT2D eigenvalue weighted by molar-refractivity contribution is 5.90. The average molecular weight is 481 g/mol. The van der Waals surface area contributed by atoms with Crippen LogP contribution in [0.3, 0.4) is 0 Å². The SMILES string of the molecule is CCCCOC1CCC(OC(=O)c2ccc(C=CC(=O)OCCc3ccc(N)cc3N)cc2)CC1. The Morgan fingerprint density at radius 3 is 2.37 bits per heavy atom. The van der Waals surface area contributed by atoms with Gasteiger partial charge in [-0.2, -0.15) is 0 Å². The number of esters is 2. The monoisotopic (exact) mass is 480 g/mol. The van der Waals surface area contributed by atoms with Crippen LogP contribution in [0.4, 0.5) is 11.4 Å². The van der Waals surface area contributed by atoms with Gasteiger partial charge in [-0.3, -0.25) is 0 Å². The summed E-state index contributed by atoms with van der Waals surface area (Å²) in [5.74, 6) is -0.769. The number of carbonyl (C=O) groups excluding carboxylic acids is 2. The third kappa shape index (κ3) is 8.76. The van der Waals surface area contributed by atoms with Crippen LogP contribution in [0.15, 0.2) is 48.5 Å². The zero-order valence-corrected chi connectivity index (χ0v) is 20.4. The first-order valence-corrected chi connectivity index (χ1v) is 12.4. The number of nitrogen functional groups attached to an aromatic ring is 2. The van der Waals surface area contributed by atoms with Crippen LogP contribution in [-0.4, -0.2) is 37.4 Å². The summed E-state index contributed by atoms with van der Waals surface area (Å²) >= 11 is 0. The Hall–Kier alpha value is -3.32. The van der Waals surface area contributed by atoms with Gasteiger partial charge in [-0.05, 0) is 73.6 Å². The van der Waals surface area contributed by atoms with Gasteiger partial charge in [0.1, 0.15) is 6.10 Å². The van der Waals surface area contributed by atoms with E-state index < -0.39 is 5.97 Å². The van der Waals surface area contributed by atoms with Gasteiger partial charge >= 0.3 is 11.9 Å². The van der Waals surface area contributed by atoms with Gasteiger partial charge in [0.05, 0.1) is 18.3 Å². The van der Waals surface area contributed by atoms with Gasteiger partial charge in [0.2, 0.25) is 0 Å². The summed E-state index contributed by atoms with van der Waals surface area (Å²) in [6, 6.07) is 12.2. The predicted octanol–water partition coefficient (Wildman–Crippen LogP) is 4.93. The number of carbonyl (C=O) groups is 2. The summed E-state index contributed by atoms with van der Waals surface area (Å²) in [5.41, 5.74) is 14.9. The van der Waals surface area contributed by atoms with Gasteiger partial charge in [-0.15, -0.1) is 0 Å². The second-order valence-corrected chi connectivity index (χ2v) is 8.86. The average Bonchev–Trinajstić information content (AvgIpc) is 2.85. The second kappa shape index (κ2) is 13.5. The molecule has 1 saturated carbocycles. The van der Waals surface area contributed by atoms with Crippen molar-refractivity contribution in [3.8, 4) is 0 Å². The molecule has 35 heavy (non-hydrogen) atoms. The number of unbranched alkanes of at least 4 members (excludes halogenated alkanes) is 1. The van der Waals surface area contributed by atoms with Crippen LogP contribution in [0.1, 0.15) is 66.9 Å². The third-order valence-corrected chi connectivity index (χ3v) is 6.09. The molecule has 0 bridgehead atoms. The molecule has 0 atom stereocenters. The number of benzene rings is 2. The molecular weight excluding hydrogens is 444 g/mol. The smallest absolute Gasteiger partial charge is 0.338 e. The van der Waals surface area contributed by atoms with Crippen molar-refractivity contribution in [2.75, 3.05) is 24.7 Å². The first kappa shape index (κ1) is 26.3. The van der Waals surface area contributed by atoms with Crippen LogP contribution in [0, 0.1) is 0 Å². The first-order valence-electron chi connectivity index (χ1n) is 12.4. The molecule has 188 valence electrons. The number of anilines is 2. The zero-order chi connectivity index (χ0) is 25.0. The normalized spacial score (nSPS) is 17.9. The molecular formula is C28H36N2O5. The van der Waals surface area contributed by atoms with E-state index in [-0.39, 0.29) is 24.8 Å². The molecule has 3 rings (SSSR count). The molecule has 0 aromatic heterocycles. The van der Waals surface area contributed by atoms with Crippen molar-refractivity contribution in [3.05, 3.63) is 65.2 Å². The van der Waals surface area contributed by atoms with Crippen LogP contribution in [0.2, 0.25) is 0 Å². The lowest BCUT2D eigenvalue weighted by Gasteiger charge is -2.28. The number of hydrogen-bond acceptors (Lipinski definition) is 7. The molecule has 0 aliphatic heterocycles. The Labute approximate surface area is 207 Å². The van der Waals surface area contributed by atoms with E-state index in [0.29, 0.717) is 23.4 Å². The topological polar surface area (TPSA) is 114 Å². The highest BCUT2D eigenvalue weighted by Gasteiger charge is 2.24. The maximum Gasteiger partial charge on any atom is 0.338 e. The van der Waals surface area contributed by atoms with Crippen molar-refractivity contribution in [3.63, 3.8) is 0 Å². The molecule has 0 unspecified atom stereocenters. The summed E-state index contributed by atoms with van der Waals surface area (Å²) in [6.45, 7) is 3.18. The zero-order valence-electron chi connectivity index (χ0n) is 20.4. The van der Waals surface area contributed by atoms with Gasteiger partial charge in [0.15, 0.2) is 0 Å². The molecule has 7 heteroatoms. The summed E-state index contributed by atoms with van der Waals surface area (Å²) < 4.78 is 16.8. The van der Waals surface area contributed by atoms with E-state index in [0.717, 1.165) is 56.3 Å². The standard InChI is InChI=1S/C28H36N2O5/c1-2-3-17-33-24-11-13-25(14-12-24)35-28(32)22-7-4-20(5-8-22)6-15-27(31)34-18-16-21-9-10-23(29)19-26(21)30/h4-10,15,19,24-25H,2-3,11-14,16-18,29-30H2,1H3. The Kier molecular flexibility index (Phi) is 10.2. The fraction of sp³-hybridized carbons (Fsp3) is 0.429. The van der Waals surface area contributed by atoms with Crippen LogP contribution >= 0.6 is 0 Å². The molecule has 4 N–H and O–H groups in total. The predicted molar refractivity (Wildman–Crippen MR) is 138 cm³/mol. The summed E-state index contributed by atoms with van der Waals surface area (Å²) in [5, 5.41) is 0. The minimum absolute atomic E-state index is 0.0635. The van der Waals surface area contributed by atoms with Crippen LogP contribution < -0.4 is 11.5 Å². The lowest BCUT2D eigenvalue weighted by Crippen LogP contribution is -2.28. The summed E-state index contributed by atoms with van der Waals surface area (Å²) in [4.78, 5) is 24.5. The van der Waals surface area contributed by atoms with Crippen molar-refractivity contribution in [2.45, 2.75) is 64.1 Å². The maximum absolute atomic E-state index is 12.5. The molecule has 1 aliphatic carbocycles. The van der Waals surface area contributed by atoms with Gasteiger partial charge in [0.25, 0.3) is 0 Å². The van der Waals surface area contributed by atoms with Crippen molar-refractivity contribution in [1.29, 1.82) is 0 Å². The molecule has 0 heterocycles. The first-order chi connectivity index (χ1) is 16.9. The second-order valence-electron chi connectivity index (χ2n) is 8.86. The third-order valence-electron chi connectivity index (χ3n) is 6.09.